The normalized spacial score (nSPS) is 9.42. The second kappa shape index (κ2) is 3.22. The highest BCUT2D eigenvalue weighted by Gasteiger charge is 2.05. The first-order valence-electron chi connectivity index (χ1n) is 3.62. The van der Waals surface area contributed by atoms with Gasteiger partial charge in [0.1, 0.15) is 11.4 Å². The molecular weight excluding hydrogens is 150 g/mol. The molecule has 0 bridgehead atoms. The third-order valence-electron chi connectivity index (χ3n) is 1.78. The number of aryl methyl sites for hydroxylation is 1. The summed E-state index contributed by atoms with van der Waals surface area (Å²) in [6.45, 7) is 8.96. The zero-order valence-electron chi connectivity index (χ0n) is 7.04. The van der Waals surface area contributed by atoms with E-state index in [4.69, 9.17) is 0 Å². The molecule has 12 heavy (non-hydrogen) atoms. The number of hydrogen-bond acceptors (Lipinski definition) is 2. The van der Waals surface area contributed by atoms with Crippen LogP contribution in [0.25, 0.3) is 6.08 Å². The maximum Gasteiger partial charge on any atom is 0.141 e. The summed E-state index contributed by atoms with van der Waals surface area (Å²) in [6, 6.07) is 3.42. The Hall–Kier alpha value is -1.57. The molecule has 0 spiro atoms. The van der Waals surface area contributed by atoms with Gasteiger partial charge < -0.3 is 5.11 Å². The zero-order valence-corrected chi connectivity index (χ0v) is 7.04. The molecule has 0 amide bonds. The lowest BCUT2D eigenvalue weighted by Gasteiger charge is -2.05. The molecule has 2 heteroatoms. The molecule has 0 fully saturated rings. The molecule has 0 atom stereocenters. The quantitative estimate of drug-likeness (QED) is 0.664. The molecular formula is C10H11NO. The molecule has 2 nitrogen and oxygen atoms in total. The van der Waals surface area contributed by atoms with E-state index in [-0.39, 0.29) is 5.75 Å². The number of nitrogens with zero attached hydrogens (tertiary/aromatic N) is 1. The van der Waals surface area contributed by atoms with Gasteiger partial charge in [-0.2, -0.15) is 0 Å². The number of aliphatic imine (C=N–C) groups is 1. The van der Waals surface area contributed by atoms with Gasteiger partial charge in [0, 0.05) is 5.56 Å². The van der Waals surface area contributed by atoms with Crippen LogP contribution < -0.4 is 0 Å². The number of benzene rings is 1. The fraction of sp³-hybridized carbons (Fsp3) is 0.100. The molecule has 0 aliphatic carbocycles. The zero-order chi connectivity index (χ0) is 9.14. The van der Waals surface area contributed by atoms with Crippen molar-refractivity contribution >= 4 is 18.5 Å². The van der Waals surface area contributed by atoms with Crippen LogP contribution in [0.15, 0.2) is 23.7 Å². The molecule has 1 aromatic rings. The number of rotatable bonds is 2. The predicted octanol–water partition coefficient (Wildman–Crippen LogP) is 2.68. The second-order valence-corrected chi connectivity index (χ2v) is 2.53. The van der Waals surface area contributed by atoms with E-state index >= 15 is 0 Å². The van der Waals surface area contributed by atoms with Crippen LogP contribution in [0.4, 0.5) is 5.69 Å². The van der Waals surface area contributed by atoms with Crippen molar-refractivity contribution in [2.45, 2.75) is 6.92 Å². The summed E-state index contributed by atoms with van der Waals surface area (Å²) >= 11 is 0. The van der Waals surface area contributed by atoms with Crippen LogP contribution in [0.3, 0.4) is 0 Å². The van der Waals surface area contributed by atoms with Crippen molar-refractivity contribution in [3.63, 3.8) is 0 Å². The van der Waals surface area contributed by atoms with Crippen LogP contribution in [0, 0.1) is 6.92 Å². The van der Waals surface area contributed by atoms with Gasteiger partial charge in [0.05, 0.1) is 0 Å². The van der Waals surface area contributed by atoms with Crippen molar-refractivity contribution in [3.8, 4) is 5.75 Å². The number of phenols is 1. The van der Waals surface area contributed by atoms with E-state index in [9.17, 15) is 5.11 Å². The van der Waals surface area contributed by atoms with Gasteiger partial charge in [0.15, 0.2) is 0 Å². The highest BCUT2D eigenvalue weighted by molar-refractivity contribution is 5.73. The largest absolute Gasteiger partial charge is 0.506 e. The van der Waals surface area contributed by atoms with Gasteiger partial charge in [0.2, 0.25) is 0 Å². The monoisotopic (exact) mass is 161 g/mol. The van der Waals surface area contributed by atoms with Crippen molar-refractivity contribution in [2.75, 3.05) is 0 Å². The van der Waals surface area contributed by atoms with Crippen molar-refractivity contribution in [1.82, 2.24) is 0 Å². The summed E-state index contributed by atoms with van der Waals surface area (Å²) < 4.78 is 0. The van der Waals surface area contributed by atoms with Crippen LogP contribution in [0.1, 0.15) is 11.1 Å². The number of aromatic hydroxyl groups is 1. The van der Waals surface area contributed by atoms with Crippen LogP contribution in [-0.4, -0.2) is 11.8 Å². The Labute approximate surface area is 71.9 Å². The number of hydrogen-bond donors (Lipinski definition) is 1. The standard InChI is InChI=1S/C10H11NO/c1-4-8-7(2)5-6-9(12)10(8)11-3/h4-6,12H,1,3H2,2H3. The van der Waals surface area contributed by atoms with Gasteiger partial charge in [-0.15, -0.1) is 0 Å². The lowest BCUT2D eigenvalue weighted by Crippen LogP contribution is -1.81. The van der Waals surface area contributed by atoms with E-state index in [1.54, 1.807) is 12.1 Å². The summed E-state index contributed by atoms with van der Waals surface area (Å²) in [5.74, 6) is 0.144. The highest BCUT2D eigenvalue weighted by Crippen LogP contribution is 2.32. The Morgan fingerprint density at radius 3 is 2.58 bits per heavy atom. The molecule has 0 aromatic heterocycles. The van der Waals surface area contributed by atoms with Gasteiger partial charge in [-0.1, -0.05) is 18.7 Å². The van der Waals surface area contributed by atoms with Crippen molar-refractivity contribution in [2.24, 2.45) is 4.99 Å². The lowest BCUT2D eigenvalue weighted by molar-refractivity contribution is 0.476. The topological polar surface area (TPSA) is 32.6 Å². The van der Waals surface area contributed by atoms with Crippen LogP contribution in [0.2, 0.25) is 0 Å². The SMILES string of the molecule is C=Cc1c(C)ccc(O)c1N=C. The molecule has 0 radical (unpaired) electrons. The van der Waals surface area contributed by atoms with E-state index < -0.39 is 0 Å². The Balaban J connectivity index is 3.48. The minimum Gasteiger partial charge on any atom is -0.506 e. The van der Waals surface area contributed by atoms with Gasteiger partial charge in [-0.05, 0) is 25.3 Å². The maximum atomic E-state index is 9.37. The molecule has 1 aromatic carbocycles. The van der Waals surface area contributed by atoms with Gasteiger partial charge in [-0.25, -0.2) is 0 Å². The maximum absolute atomic E-state index is 9.37. The van der Waals surface area contributed by atoms with Crippen molar-refractivity contribution in [3.05, 3.63) is 29.8 Å². The molecule has 0 saturated heterocycles. The molecule has 0 unspecified atom stereocenters. The first-order valence-corrected chi connectivity index (χ1v) is 3.62. The Morgan fingerprint density at radius 2 is 2.17 bits per heavy atom. The fourth-order valence-electron chi connectivity index (χ4n) is 1.12. The Morgan fingerprint density at radius 1 is 1.50 bits per heavy atom. The molecule has 1 rings (SSSR count). The predicted molar refractivity (Wildman–Crippen MR) is 52.1 cm³/mol. The average Bonchev–Trinajstić information content (AvgIpc) is 2.08. The third kappa shape index (κ3) is 1.23. The summed E-state index contributed by atoms with van der Waals surface area (Å²) in [4.78, 5) is 3.73. The van der Waals surface area contributed by atoms with E-state index in [2.05, 4.69) is 18.3 Å². The van der Waals surface area contributed by atoms with Gasteiger partial charge in [0.25, 0.3) is 0 Å². The summed E-state index contributed by atoms with van der Waals surface area (Å²) in [5.41, 5.74) is 2.38. The van der Waals surface area contributed by atoms with Crippen LogP contribution in [-0.2, 0) is 0 Å². The highest BCUT2D eigenvalue weighted by atomic mass is 16.3. The molecule has 0 saturated carbocycles. The van der Waals surface area contributed by atoms with Gasteiger partial charge in [-0.3, -0.25) is 4.99 Å². The fourth-order valence-corrected chi connectivity index (χ4v) is 1.12. The summed E-state index contributed by atoms with van der Waals surface area (Å²) in [5, 5.41) is 9.37. The number of phenolic OH excluding ortho intramolecular Hbond substituents is 1. The minimum absolute atomic E-state index is 0.144. The second-order valence-electron chi connectivity index (χ2n) is 2.53. The average molecular weight is 161 g/mol. The first kappa shape index (κ1) is 8.53. The molecule has 0 aliphatic rings. The summed E-state index contributed by atoms with van der Waals surface area (Å²) in [7, 11) is 0. The molecule has 1 N–H and O–H groups in total. The van der Waals surface area contributed by atoms with Crippen LogP contribution >= 0.6 is 0 Å². The molecule has 0 heterocycles. The third-order valence-corrected chi connectivity index (χ3v) is 1.78. The Bertz CT molecular complexity index is 296. The van der Waals surface area contributed by atoms with Crippen molar-refractivity contribution < 1.29 is 5.11 Å². The smallest absolute Gasteiger partial charge is 0.141 e. The molecule has 0 aliphatic heterocycles. The Kier molecular flexibility index (Phi) is 2.29. The summed E-state index contributed by atoms with van der Waals surface area (Å²) in [6.07, 6.45) is 1.67. The molecule has 62 valence electrons. The van der Waals surface area contributed by atoms with E-state index in [0.717, 1.165) is 11.1 Å². The van der Waals surface area contributed by atoms with Crippen molar-refractivity contribution in [1.29, 1.82) is 0 Å². The minimum atomic E-state index is 0.144. The van der Waals surface area contributed by atoms with E-state index in [1.165, 1.54) is 0 Å². The van der Waals surface area contributed by atoms with Crippen LogP contribution in [0.5, 0.6) is 5.75 Å². The lowest BCUT2D eigenvalue weighted by atomic mass is 10.1. The first-order chi connectivity index (χ1) is 5.70. The van der Waals surface area contributed by atoms with E-state index in [0.29, 0.717) is 5.69 Å². The van der Waals surface area contributed by atoms with Gasteiger partial charge >= 0.3 is 0 Å². The van der Waals surface area contributed by atoms with E-state index in [1.807, 2.05) is 13.0 Å².